The number of carbonyl (C=O) groups is 2. The van der Waals surface area contributed by atoms with Crippen LogP contribution >= 0.6 is 0 Å². The normalized spacial score (nSPS) is 18.6. The summed E-state index contributed by atoms with van der Waals surface area (Å²) in [6.45, 7) is 1.69. The van der Waals surface area contributed by atoms with Crippen molar-refractivity contribution in [3.8, 4) is 0 Å². The highest BCUT2D eigenvalue weighted by Crippen LogP contribution is 2.21. The van der Waals surface area contributed by atoms with Gasteiger partial charge in [0.05, 0.1) is 12.5 Å². The predicted molar refractivity (Wildman–Crippen MR) is 67.3 cm³/mol. The van der Waals surface area contributed by atoms with Crippen molar-refractivity contribution in [2.45, 2.75) is 19.8 Å². The van der Waals surface area contributed by atoms with Crippen LogP contribution < -0.4 is 5.73 Å². The Morgan fingerprint density at radius 3 is 2.26 bits per heavy atom. The highest BCUT2D eigenvalue weighted by atomic mass is 32.2. The zero-order chi connectivity index (χ0) is 14.6. The minimum atomic E-state index is -3.75. The molecule has 0 aliphatic carbocycles. The molecule has 8 nitrogen and oxygen atoms in total. The maximum atomic E-state index is 12.2. The molecule has 1 heterocycles. The van der Waals surface area contributed by atoms with E-state index in [2.05, 4.69) is 0 Å². The number of primary amides is 1. The van der Waals surface area contributed by atoms with E-state index in [0.29, 0.717) is 0 Å². The number of nitrogens with two attached hydrogens (primary N) is 1. The van der Waals surface area contributed by atoms with Gasteiger partial charge in [-0.25, -0.2) is 0 Å². The van der Waals surface area contributed by atoms with Gasteiger partial charge in [-0.3, -0.25) is 9.59 Å². The third-order valence-electron chi connectivity index (χ3n) is 3.14. The van der Waals surface area contributed by atoms with Gasteiger partial charge >= 0.3 is 5.97 Å². The minimum absolute atomic E-state index is 0.143. The van der Waals surface area contributed by atoms with Gasteiger partial charge < -0.3 is 10.8 Å². The van der Waals surface area contributed by atoms with Crippen LogP contribution in [-0.2, 0) is 19.8 Å². The number of carboxylic acids is 1. The Hall–Kier alpha value is -1.19. The Morgan fingerprint density at radius 1 is 1.37 bits per heavy atom. The van der Waals surface area contributed by atoms with Crippen LogP contribution in [0.3, 0.4) is 0 Å². The van der Waals surface area contributed by atoms with Gasteiger partial charge in [0.25, 0.3) is 10.2 Å². The van der Waals surface area contributed by atoms with Crippen LogP contribution in [0.15, 0.2) is 0 Å². The molecule has 3 N–H and O–H groups in total. The molecule has 0 spiro atoms. The molecular formula is C10H19N3O5S. The van der Waals surface area contributed by atoms with E-state index in [9.17, 15) is 18.0 Å². The molecule has 1 rings (SSSR count). The Kier molecular flexibility index (Phi) is 5.27. The van der Waals surface area contributed by atoms with E-state index in [4.69, 9.17) is 10.8 Å². The minimum Gasteiger partial charge on any atom is -0.481 e. The fourth-order valence-electron chi connectivity index (χ4n) is 2.03. The van der Waals surface area contributed by atoms with Crippen LogP contribution in [0.4, 0.5) is 0 Å². The lowest BCUT2D eigenvalue weighted by Gasteiger charge is -2.33. The van der Waals surface area contributed by atoms with Gasteiger partial charge in [0.15, 0.2) is 0 Å². The Labute approximate surface area is 112 Å². The summed E-state index contributed by atoms with van der Waals surface area (Å²) in [4.78, 5) is 21.7. The monoisotopic (exact) mass is 293 g/mol. The number of amides is 1. The first-order valence-corrected chi connectivity index (χ1v) is 7.45. The van der Waals surface area contributed by atoms with Crippen molar-refractivity contribution < 1.29 is 23.1 Å². The number of aliphatic carboxylic acids is 1. The zero-order valence-corrected chi connectivity index (χ0v) is 11.6. The van der Waals surface area contributed by atoms with E-state index in [-0.39, 0.29) is 39.0 Å². The van der Waals surface area contributed by atoms with Crippen LogP contribution in [0.2, 0.25) is 0 Å². The van der Waals surface area contributed by atoms with Gasteiger partial charge in [-0.2, -0.15) is 17.0 Å². The molecule has 0 unspecified atom stereocenters. The molecule has 1 fully saturated rings. The van der Waals surface area contributed by atoms with Crippen LogP contribution in [0.1, 0.15) is 19.8 Å². The van der Waals surface area contributed by atoms with Crippen LogP contribution in [0.25, 0.3) is 0 Å². The third kappa shape index (κ3) is 3.88. The molecule has 0 saturated carbocycles. The van der Waals surface area contributed by atoms with Crippen molar-refractivity contribution in [1.29, 1.82) is 0 Å². The first-order valence-electron chi connectivity index (χ1n) is 6.05. The molecule has 0 radical (unpaired) electrons. The van der Waals surface area contributed by atoms with Crippen molar-refractivity contribution in [3.63, 3.8) is 0 Å². The molecule has 0 bridgehead atoms. The molecule has 9 heteroatoms. The van der Waals surface area contributed by atoms with E-state index >= 15 is 0 Å². The molecule has 110 valence electrons. The maximum absolute atomic E-state index is 12.2. The van der Waals surface area contributed by atoms with Gasteiger partial charge in [0, 0.05) is 19.6 Å². The van der Waals surface area contributed by atoms with Crippen LogP contribution in [0, 0.1) is 5.92 Å². The molecule has 0 aromatic rings. The lowest BCUT2D eigenvalue weighted by molar-refractivity contribution is -0.142. The molecule has 0 aromatic carbocycles. The molecule has 1 amide bonds. The van der Waals surface area contributed by atoms with Crippen molar-refractivity contribution >= 4 is 22.1 Å². The van der Waals surface area contributed by atoms with E-state index in [1.54, 1.807) is 6.92 Å². The van der Waals surface area contributed by atoms with Gasteiger partial charge in [-0.15, -0.1) is 0 Å². The average Bonchev–Trinajstić information content (AvgIpc) is 2.35. The topological polar surface area (TPSA) is 121 Å². The predicted octanol–water partition coefficient (Wildman–Crippen LogP) is -1.16. The van der Waals surface area contributed by atoms with Crippen LogP contribution in [-0.4, -0.2) is 60.2 Å². The van der Waals surface area contributed by atoms with Gasteiger partial charge in [0.1, 0.15) is 0 Å². The lowest BCUT2D eigenvalue weighted by Crippen LogP contribution is -2.49. The van der Waals surface area contributed by atoms with E-state index < -0.39 is 28.0 Å². The fraction of sp³-hybridized carbons (Fsp3) is 0.800. The number of likely N-dealkylation sites (N-methyl/N-ethyl adjacent to an activating group) is 1. The number of carboxylic acid groups (broad SMARTS) is 1. The second-order valence-corrected chi connectivity index (χ2v) is 6.34. The van der Waals surface area contributed by atoms with Gasteiger partial charge in [-0.05, 0) is 12.8 Å². The first-order chi connectivity index (χ1) is 8.78. The number of hydrogen-bond acceptors (Lipinski definition) is 4. The Morgan fingerprint density at radius 2 is 1.89 bits per heavy atom. The number of nitrogens with zero attached hydrogens (tertiary/aromatic N) is 2. The Balaban J connectivity index is 2.73. The standard InChI is InChI=1S/C10H19N3O5S/c1-2-12(7-9(11)14)19(17,18)13-5-3-8(4-6-13)10(15)16/h8H,2-7H2,1H3,(H2,11,14)(H,15,16). The van der Waals surface area contributed by atoms with Crippen molar-refractivity contribution in [2.24, 2.45) is 11.7 Å². The number of piperidine rings is 1. The number of hydrogen-bond donors (Lipinski definition) is 2. The van der Waals surface area contributed by atoms with Crippen molar-refractivity contribution in [3.05, 3.63) is 0 Å². The summed E-state index contributed by atoms with van der Waals surface area (Å²) in [5.41, 5.74) is 5.02. The lowest BCUT2D eigenvalue weighted by atomic mass is 9.99. The summed E-state index contributed by atoms with van der Waals surface area (Å²) in [5, 5.41) is 8.86. The van der Waals surface area contributed by atoms with Crippen molar-refractivity contribution in [1.82, 2.24) is 8.61 Å². The second-order valence-electron chi connectivity index (χ2n) is 4.41. The van der Waals surface area contributed by atoms with E-state index in [1.165, 1.54) is 4.31 Å². The van der Waals surface area contributed by atoms with E-state index in [1.807, 2.05) is 0 Å². The smallest absolute Gasteiger partial charge is 0.306 e. The first kappa shape index (κ1) is 15.9. The SMILES string of the molecule is CCN(CC(N)=O)S(=O)(=O)N1CCC(C(=O)O)CC1. The molecule has 0 atom stereocenters. The number of carbonyl (C=O) groups excluding carboxylic acids is 1. The molecule has 1 aliphatic heterocycles. The average molecular weight is 293 g/mol. The van der Waals surface area contributed by atoms with E-state index in [0.717, 1.165) is 4.31 Å². The largest absolute Gasteiger partial charge is 0.481 e. The van der Waals surface area contributed by atoms with Gasteiger partial charge in [-0.1, -0.05) is 6.92 Å². The third-order valence-corrected chi connectivity index (χ3v) is 5.20. The van der Waals surface area contributed by atoms with Crippen LogP contribution in [0.5, 0.6) is 0 Å². The Bertz CT molecular complexity index is 442. The fourth-order valence-corrected chi connectivity index (χ4v) is 3.64. The maximum Gasteiger partial charge on any atom is 0.306 e. The molecule has 1 saturated heterocycles. The summed E-state index contributed by atoms with van der Waals surface area (Å²) in [5.74, 6) is -2.12. The summed E-state index contributed by atoms with van der Waals surface area (Å²) in [6, 6.07) is 0. The molecule has 0 aromatic heterocycles. The van der Waals surface area contributed by atoms with Crippen molar-refractivity contribution in [2.75, 3.05) is 26.2 Å². The summed E-state index contributed by atoms with van der Waals surface area (Å²) in [7, 11) is -3.75. The summed E-state index contributed by atoms with van der Waals surface area (Å²) >= 11 is 0. The number of rotatable bonds is 6. The quantitative estimate of drug-likeness (QED) is 0.639. The summed E-state index contributed by atoms with van der Waals surface area (Å²) in [6.07, 6.45) is 0.561. The highest BCUT2D eigenvalue weighted by molar-refractivity contribution is 7.86. The molecule has 19 heavy (non-hydrogen) atoms. The zero-order valence-electron chi connectivity index (χ0n) is 10.8. The summed E-state index contributed by atoms with van der Waals surface area (Å²) < 4.78 is 26.7. The molecule has 1 aliphatic rings. The van der Waals surface area contributed by atoms with Gasteiger partial charge in [0.2, 0.25) is 5.91 Å². The second kappa shape index (κ2) is 6.31. The molecular weight excluding hydrogens is 274 g/mol. The highest BCUT2D eigenvalue weighted by Gasteiger charge is 2.34.